The first-order valence-corrected chi connectivity index (χ1v) is 8.58. The van der Waals surface area contributed by atoms with Crippen LogP contribution < -0.4 is 10.6 Å². The van der Waals surface area contributed by atoms with Gasteiger partial charge in [-0.15, -0.1) is 0 Å². The highest BCUT2D eigenvalue weighted by Crippen LogP contribution is 2.27. The van der Waals surface area contributed by atoms with E-state index in [4.69, 9.17) is 0 Å². The van der Waals surface area contributed by atoms with Crippen LogP contribution in [0.2, 0.25) is 0 Å². The Labute approximate surface area is 141 Å². The second-order valence-corrected chi connectivity index (χ2v) is 6.61. The molecule has 0 aliphatic heterocycles. The maximum atomic E-state index is 11.9. The van der Waals surface area contributed by atoms with Gasteiger partial charge in [0, 0.05) is 18.8 Å². The predicted octanol–water partition coefficient (Wildman–Crippen LogP) is 1.96. The lowest BCUT2D eigenvalue weighted by molar-refractivity contribution is -0.126. The Morgan fingerprint density at radius 1 is 1.25 bits per heavy atom. The fourth-order valence-electron chi connectivity index (χ4n) is 3.20. The lowest BCUT2D eigenvalue weighted by atomic mass is 10.0. The van der Waals surface area contributed by atoms with Gasteiger partial charge >= 0.3 is 0 Å². The quantitative estimate of drug-likeness (QED) is 0.851. The summed E-state index contributed by atoms with van der Waals surface area (Å²) in [6.45, 7) is 2.40. The Hall–Kier alpha value is -2.37. The van der Waals surface area contributed by atoms with Gasteiger partial charge in [-0.2, -0.15) is 0 Å². The summed E-state index contributed by atoms with van der Waals surface area (Å²) in [7, 11) is 0. The molecule has 1 aliphatic carbocycles. The summed E-state index contributed by atoms with van der Waals surface area (Å²) >= 11 is 0. The average Bonchev–Trinajstić information content (AvgIpc) is 3.19. The lowest BCUT2D eigenvalue weighted by Crippen LogP contribution is -2.37. The van der Waals surface area contributed by atoms with Crippen molar-refractivity contribution >= 4 is 17.5 Å². The summed E-state index contributed by atoms with van der Waals surface area (Å²) in [4.78, 5) is 28.2. The number of nitrogens with zero attached hydrogens (tertiary/aromatic N) is 2. The fourth-order valence-corrected chi connectivity index (χ4v) is 3.20. The van der Waals surface area contributed by atoms with Crippen LogP contribution >= 0.6 is 0 Å². The lowest BCUT2D eigenvalue weighted by Gasteiger charge is -2.09. The maximum Gasteiger partial charge on any atom is 0.239 e. The fraction of sp³-hybridized carbons (Fsp3) is 0.500. The van der Waals surface area contributed by atoms with Crippen LogP contribution in [0.5, 0.6) is 0 Å². The van der Waals surface area contributed by atoms with Crippen LogP contribution in [0, 0.1) is 12.8 Å². The molecule has 0 saturated heterocycles. The second-order valence-electron chi connectivity index (χ2n) is 6.61. The van der Waals surface area contributed by atoms with E-state index in [-0.39, 0.29) is 18.4 Å². The van der Waals surface area contributed by atoms with Crippen molar-refractivity contribution in [2.75, 3.05) is 6.54 Å². The average molecular weight is 328 g/mol. The van der Waals surface area contributed by atoms with Crippen LogP contribution in [0.15, 0.2) is 24.5 Å². The van der Waals surface area contributed by atoms with Crippen LogP contribution in [0.4, 0.5) is 0 Å². The molecular weight excluding hydrogens is 304 g/mol. The Balaban J connectivity index is 1.42. The first-order valence-electron chi connectivity index (χ1n) is 8.58. The first kappa shape index (κ1) is 16.5. The highest BCUT2D eigenvalue weighted by Gasteiger charge is 2.18. The summed E-state index contributed by atoms with van der Waals surface area (Å²) in [6.07, 6.45) is 9.09. The molecule has 2 heterocycles. The highest BCUT2D eigenvalue weighted by molar-refractivity contribution is 5.84. The molecule has 0 unspecified atom stereocenters. The molecule has 2 amide bonds. The van der Waals surface area contributed by atoms with E-state index in [1.807, 2.05) is 35.9 Å². The van der Waals surface area contributed by atoms with Crippen LogP contribution in [0.1, 0.15) is 43.4 Å². The summed E-state index contributed by atoms with van der Waals surface area (Å²) in [5.41, 5.74) is 2.81. The molecule has 6 nitrogen and oxygen atoms in total. The Kier molecular flexibility index (Phi) is 5.13. The van der Waals surface area contributed by atoms with Crippen molar-refractivity contribution in [3.63, 3.8) is 0 Å². The Morgan fingerprint density at radius 2 is 2.04 bits per heavy atom. The molecule has 1 aliphatic rings. The Bertz CT molecular complexity index is 732. The van der Waals surface area contributed by atoms with Gasteiger partial charge in [-0.3, -0.25) is 9.59 Å². The Morgan fingerprint density at radius 3 is 2.83 bits per heavy atom. The van der Waals surface area contributed by atoms with Crippen LogP contribution in [0.25, 0.3) is 5.65 Å². The molecule has 2 aromatic heterocycles. The molecule has 1 fully saturated rings. The van der Waals surface area contributed by atoms with Crippen molar-refractivity contribution < 1.29 is 9.59 Å². The monoisotopic (exact) mass is 328 g/mol. The third kappa shape index (κ3) is 4.34. The summed E-state index contributed by atoms with van der Waals surface area (Å²) in [5, 5.41) is 5.50. The smallest absolute Gasteiger partial charge is 0.239 e. The molecule has 128 valence electrons. The van der Waals surface area contributed by atoms with Crippen molar-refractivity contribution in [3.05, 3.63) is 35.8 Å². The SMILES string of the molecule is Cc1ccn2cc(CNC(=O)CNC(=O)CC3CCCC3)nc2c1. The van der Waals surface area contributed by atoms with E-state index in [1.54, 1.807) is 0 Å². The van der Waals surface area contributed by atoms with Crippen LogP contribution in [-0.2, 0) is 16.1 Å². The zero-order valence-corrected chi connectivity index (χ0v) is 14.0. The molecule has 0 aromatic carbocycles. The van der Waals surface area contributed by atoms with Crippen molar-refractivity contribution in [3.8, 4) is 0 Å². The van der Waals surface area contributed by atoms with Crippen molar-refractivity contribution in [1.29, 1.82) is 0 Å². The number of amides is 2. The minimum atomic E-state index is -0.192. The van der Waals surface area contributed by atoms with Gasteiger partial charge in [-0.25, -0.2) is 4.98 Å². The summed E-state index contributed by atoms with van der Waals surface area (Å²) < 4.78 is 1.93. The number of aryl methyl sites for hydroxylation is 1. The number of nitrogens with one attached hydrogen (secondary N) is 2. The molecule has 2 aromatic rings. The summed E-state index contributed by atoms with van der Waals surface area (Å²) in [6, 6.07) is 4.01. The van der Waals surface area contributed by atoms with Crippen molar-refractivity contribution in [2.24, 2.45) is 5.92 Å². The van der Waals surface area contributed by atoms with Crippen molar-refractivity contribution in [1.82, 2.24) is 20.0 Å². The molecule has 2 N–H and O–H groups in total. The van der Waals surface area contributed by atoms with Crippen molar-refractivity contribution in [2.45, 2.75) is 45.6 Å². The number of pyridine rings is 1. The first-order chi connectivity index (χ1) is 11.6. The standard InChI is InChI=1S/C18H24N4O2/c1-13-6-7-22-12-15(21-16(22)8-13)10-19-18(24)11-20-17(23)9-14-4-2-3-5-14/h6-8,12,14H,2-5,9-11H2,1H3,(H,19,24)(H,20,23). The van der Waals surface area contributed by atoms with Gasteiger partial charge in [0.15, 0.2) is 0 Å². The number of imidazole rings is 1. The molecule has 24 heavy (non-hydrogen) atoms. The molecule has 0 atom stereocenters. The van der Waals surface area contributed by atoms with Gasteiger partial charge in [0.2, 0.25) is 11.8 Å². The molecule has 3 rings (SSSR count). The van der Waals surface area contributed by atoms with Gasteiger partial charge in [0.1, 0.15) is 5.65 Å². The highest BCUT2D eigenvalue weighted by atomic mass is 16.2. The molecular formula is C18H24N4O2. The minimum absolute atomic E-state index is 0.0258. The van der Waals surface area contributed by atoms with E-state index in [0.29, 0.717) is 18.9 Å². The molecule has 6 heteroatoms. The zero-order chi connectivity index (χ0) is 16.9. The molecule has 0 bridgehead atoms. The predicted molar refractivity (Wildman–Crippen MR) is 91.4 cm³/mol. The third-order valence-corrected chi connectivity index (χ3v) is 4.53. The number of aromatic nitrogens is 2. The van der Waals surface area contributed by atoms with Crippen LogP contribution in [-0.4, -0.2) is 27.7 Å². The number of carbonyl (C=O) groups excluding carboxylic acids is 2. The van der Waals surface area contributed by atoms with E-state index in [2.05, 4.69) is 15.6 Å². The maximum absolute atomic E-state index is 11.9. The summed E-state index contributed by atoms with van der Waals surface area (Å²) in [5.74, 6) is 0.276. The second kappa shape index (κ2) is 7.47. The van der Waals surface area contributed by atoms with E-state index in [0.717, 1.165) is 29.7 Å². The zero-order valence-electron chi connectivity index (χ0n) is 14.0. The van der Waals surface area contributed by atoms with Gasteiger partial charge in [-0.05, 0) is 43.4 Å². The molecule has 0 radical (unpaired) electrons. The number of hydrogen-bond donors (Lipinski definition) is 2. The van der Waals surface area contributed by atoms with E-state index in [9.17, 15) is 9.59 Å². The molecule has 1 saturated carbocycles. The number of rotatable bonds is 6. The number of hydrogen-bond acceptors (Lipinski definition) is 3. The number of fused-ring (bicyclic) bond motifs is 1. The minimum Gasteiger partial charge on any atom is -0.349 e. The topological polar surface area (TPSA) is 75.5 Å². The van der Waals surface area contributed by atoms with Gasteiger partial charge < -0.3 is 15.0 Å². The van der Waals surface area contributed by atoms with E-state index >= 15 is 0 Å². The van der Waals surface area contributed by atoms with Gasteiger partial charge in [0.05, 0.1) is 18.8 Å². The van der Waals surface area contributed by atoms with E-state index < -0.39 is 0 Å². The third-order valence-electron chi connectivity index (χ3n) is 4.53. The number of carbonyl (C=O) groups is 2. The van der Waals surface area contributed by atoms with Crippen LogP contribution in [0.3, 0.4) is 0 Å². The largest absolute Gasteiger partial charge is 0.349 e. The normalized spacial score (nSPS) is 14.9. The van der Waals surface area contributed by atoms with Gasteiger partial charge in [0.25, 0.3) is 0 Å². The molecule has 0 spiro atoms. The van der Waals surface area contributed by atoms with Gasteiger partial charge in [-0.1, -0.05) is 12.8 Å². The van der Waals surface area contributed by atoms with E-state index in [1.165, 1.54) is 12.8 Å².